The molecule has 0 bridgehead atoms. The normalized spacial score (nSPS) is 24.2. The van der Waals surface area contributed by atoms with Gasteiger partial charge in [0.25, 0.3) is 0 Å². The lowest BCUT2D eigenvalue weighted by molar-refractivity contribution is 0.113. The van der Waals surface area contributed by atoms with E-state index in [-0.39, 0.29) is 0 Å². The summed E-state index contributed by atoms with van der Waals surface area (Å²) < 4.78 is 0. The Hall–Kier alpha value is -2.00. The monoisotopic (exact) mass is 454 g/mol. The minimum Gasteiger partial charge on any atom is -0.0654 e. The summed E-state index contributed by atoms with van der Waals surface area (Å²) in [4.78, 5) is 0. The van der Waals surface area contributed by atoms with Crippen molar-refractivity contribution in [2.75, 3.05) is 0 Å². The molecule has 0 spiro atoms. The lowest BCUT2D eigenvalue weighted by Gasteiger charge is -2.42. The van der Waals surface area contributed by atoms with E-state index in [1.165, 1.54) is 89.0 Å². The molecule has 0 radical (unpaired) electrons. The van der Waals surface area contributed by atoms with Gasteiger partial charge in [-0.2, -0.15) is 0 Å². The van der Waals surface area contributed by atoms with E-state index in [0.29, 0.717) is 0 Å². The van der Waals surface area contributed by atoms with Gasteiger partial charge in [-0.3, -0.25) is 0 Å². The van der Waals surface area contributed by atoms with Crippen LogP contribution < -0.4 is 0 Å². The standard InChI is InChI=1S/C34H46/c1-3-5-6-7-8-10-30-19-22-34-26-33(24-23-32(34)25-30)31-20-17-29(18-21-31)16-15-28-13-11-27(9-4-2)12-14-28/h11-14,17-18,20-21,30,32-34H,3-10,19,22-26H2,1-2H3. The van der Waals surface area contributed by atoms with Crippen LogP contribution in [0.3, 0.4) is 0 Å². The highest BCUT2D eigenvalue weighted by Crippen LogP contribution is 2.48. The van der Waals surface area contributed by atoms with Crippen molar-refractivity contribution in [1.82, 2.24) is 0 Å². The number of benzene rings is 2. The Morgan fingerprint density at radius 3 is 2.00 bits per heavy atom. The number of rotatable bonds is 9. The van der Waals surface area contributed by atoms with Crippen LogP contribution in [-0.4, -0.2) is 0 Å². The molecule has 4 rings (SSSR count). The summed E-state index contributed by atoms with van der Waals surface area (Å²) in [6, 6.07) is 18.0. The Bertz CT molecular complexity index is 907. The smallest absolute Gasteiger partial charge is 0.0249 e. The maximum Gasteiger partial charge on any atom is 0.0249 e. The highest BCUT2D eigenvalue weighted by atomic mass is 14.4. The predicted octanol–water partition coefficient (Wildman–Crippen LogP) is 9.70. The molecule has 0 aromatic heterocycles. The lowest BCUT2D eigenvalue weighted by atomic mass is 9.63. The molecule has 0 saturated heterocycles. The molecule has 0 nitrogen and oxygen atoms in total. The molecule has 0 heteroatoms. The van der Waals surface area contributed by atoms with Gasteiger partial charge < -0.3 is 0 Å². The molecule has 2 aromatic carbocycles. The Balaban J connectivity index is 1.25. The van der Waals surface area contributed by atoms with E-state index in [9.17, 15) is 0 Å². The molecule has 0 heterocycles. The Morgan fingerprint density at radius 1 is 0.647 bits per heavy atom. The third-order valence-corrected chi connectivity index (χ3v) is 8.66. The van der Waals surface area contributed by atoms with Gasteiger partial charge in [0.1, 0.15) is 0 Å². The van der Waals surface area contributed by atoms with Gasteiger partial charge in [0.05, 0.1) is 0 Å². The molecular weight excluding hydrogens is 408 g/mol. The fraction of sp³-hybridized carbons (Fsp3) is 0.588. The summed E-state index contributed by atoms with van der Waals surface area (Å²) in [6.07, 6.45) is 19.8. The Kier molecular flexibility index (Phi) is 9.74. The van der Waals surface area contributed by atoms with Gasteiger partial charge >= 0.3 is 0 Å². The largest absolute Gasteiger partial charge is 0.0654 e. The van der Waals surface area contributed by atoms with E-state index in [4.69, 9.17) is 0 Å². The quantitative estimate of drug-likeness (QED) is 0.261. The molecule has 2 saturated carbocycles. The van der Waals surface area contributed by atoms with Crippen molar-refractivity contribution in [2.45, 2.75) is 110 Å². The zero-order valence-corrected chi connectivity index (χ0v) is 21.8. The van der Waals surface area contributed by atoms with Crippen molar-refractivity contribution >= 4 is 0 Å². The van der Waals surface area contributed by atoms with E-state index < -0.39 is 0 Å². The van der Waals surface area contributed by atoms with Crippen LogP contribution in [0.1, 0.15) is 125 Å². The lowest BCUT2D eigenvalue weighted by Crippen LogP contribution is -2.30. The molecule has 2 aliphatic carbocycles. The molecule has 4 unspecified atom stereocenters. The first kappa shape index (κ1) is 25.1. The van der Waals surface area contributed by atoms with Crippen molar-refractivity contribution < 1.29 is 0 Å². The third kappa shape index (κ3) is 7.25. The van der Waals surface area contributed by atoms with E-state index in [1.807, 2.05) is 0 Å². The number of hydrogen-bond donors (Lipinski definition) is 0. The van der Waals surface area contributed by atoms with E-state index >= 15 is 0 Å². The average Bonchev–Trinajstić information content (AvgIpc) is 2.88. The van der Waals surface area contributed by atoms with Gasteiger partial charge in [0.15, 0.2) is 0 Å². The van der Waals surface area contributed by atoms with Crippen LogP contribution in [0.25, 0.3) is 0 Å². The molecule has 0 N–H and O–H groups in total. The molecule has 182 valence electrons. The molecule has 0 aliphatic heterocycles. The van der Waals surface area contributed by atoms with Crippen molar-refractivity contribution in [2.24, 2.45) is 17.8 Å². The predicted molar refractivity (Wildman–Crippen MR) is 147 cm³/mol. The zero-order chi connectivity index (χ0) is 23.6. The molecule has 2 aliphatic rings. The average molecular weight is 455 g/mol. The molecule has 2 fully saturated rings. The summed E-state index contributed by atoms with van der Waals surface area (Å²) in [5, 5.41) is 0. The first-order valence-corrected chi connectivity index (χ1v) is 14.5. The number of hydrogen-bond acceptors (Lipinski definition) is 0. The van der Waals surface area contributed by atoms with E-state index in [2.05, 4.69) is 74.2 Å². The van der Waals surface area contributed by atoms with E-state index in [0.717, 1.165) is 41.2 Å². The number of aryl methyl sites for hydroxylation is 1. The first-order valence-electron chi connectivity index (χ1n) is 14.5. The zero-order valence-electron chi connectivity index (χ0n) is 21.8. The highest BCUT2D eigenvalue weighted by Gasteiger charge is 2.35. The summed E-state index contributed by atoms with van der Waals surface area (Å²) in [6.45, 7) is 4.54. The summed E-state index contributed by atoms with van der Waals surface area (Å²) in [5.41, 5.74) is 5.20. The van der Waals surface area contributed by atoms with Crippen LogP contribution in [-0.2, 0) is 6.42 Å². The van der Waals surface area contributed by atoms with Gasteiger partial charge in [-0.05, 0) is 97.6 Å². The second kappa shape index (κ2) is 13.2. The highest BCUT2D eigenvalue weighted by molar-refractivity contribution is 5.44. The van der Waals surface area contributed by atoms with Crippen LogP contribution in [0.5, 0.6) is 0 Å². The Morgan fingerprint density at radius 2 is 1.29 bits per heavy atom. The van der Waals surface area contributed by atoms with Crippen molar-refractivity contribution in [3.8, 4) is 11.8 Å². The van der Waals surface area contributed by atoms with Gasteiger partial charge in [-0.25, -0.2) is 0 Å². The SMILES string of the molecule is CCCCCCCC1CCC2CC(c3ccc(C#Cc4ccc(CCC)cc4)cc3)CCC2C1. The number of unbranched alkanes of at least 4 members (excludes halogenated alkanes) is 4. The van der Waals surface area contributed by atoms with Crippen LogP contribution >= 0.6 is 0 Å². The van der Waals surface area contributed by atoms with Crippen molar-refractivity contribution in [1.29, 1.82) is 0 Å². The molecular formula is C34H46. The number of fused-ring (bicyclic) bond motifs is 1. The topological polar surface area (TPSA) is 0 Å². The second-order valence-corrected chi connectivity index (χ2v) is 11.2. The van der Waals surface area contributed by atoms with Crippen molar-refractivity contribution in [3.63, 3.8) is 0 Å². The fourth-order valence-electron chi connectivity index (χ4n) is 6.61. The van der Waals surface area contributed by atoms with Crippen LogP contribution in [0.2, 0.25) is 0 Å². The minimum absolute atomic E-state index is 0.764. The Labute approximate surface area is 210 Å². The first-order chi connectivity index (χ1) is 16.7. The van der Waals surface area contributed by atoms with Crippen LogP contribution in [0.4, 0.5) is 0 Å². The van der Waals surface area contributed by atoms with Gasteiger partial charge in [0.2, 0.25) is 0 Å². The summed E-state index contributed by atoms with van der Waals surface area (Å²) in [5.74, 6) is 10.5. The molecule has 0 amide bonds. The fourth-order valence-corrected chi connectivity index (χ4v) is 6.61. The third-order valence-electron chi connectivity index (χ3n) is 8.66. The summed E-state index contributed by atoms with van der Waals surface area (Å²) in [7, 11) is 0. The van der Waals surface area contributed by atoms with E-state index in [1.54, 1.807) is 5.56 Å². The van der Waals surface area contributed by atoms with Crippen LogP contribution in [0.15, 0.2) is 48.5 Å². The maximum absolute atomic E-state index is 3.37. The second-order valence-electron chi connectivity index (χ2n) is 11.2. The minimum atomic E-state index is 0.764. The molecule has 4 atom stereocenters. The van der Waals surface area contributed by atoms with Gasteiger partial charge in [-0.1, -0.05) is 101 Å². The van der Waals surface area contributed by atoms with Crippen molar-refractivity contribution in [3.05, 3.63) is 70.8 Å². The molecule has 2 aromatic rings. The molecule has 34 heavy (non-hydrogen) atoms. The summed E-state index contributed by atoms with van der Waals surface area (Å²) >= 11 is 0. The van der Waals surface area contributed by atoms with Gasteiger partial charge in [0, 0.05) is 11.1 Å². The van der Waals surface area contributed by atoms with Crippen LogP contribution in [0, 0.1) is 29.6 Å². The maximum atomic E-state index is 3.37. The van der Waals surface area contributed by atoms with Gasteiger partial charge in [-0.15, -0.1) is 0 Å².